The van der Waals surface area contributed by atoms with Gasteiger partial charge in [0.05, 0.1) is 24.0 Å². The Morgan fingerprint density at radius 1 is 1.28 bits per heavy atom. The van der Waals surface area contributed by atoms with Gasteiger partial charge in [0, 0.05) is 6.54 Å². The molecule has 0 fully saturated rings. The predicted molar refractivity (Wildman–Crippen MR) is 72.1 cm³/mol. The van der Waals surface area contributed by atoms with Crippen molar-refractivity contribution in [3.05, 3.63) is 41.6 Å². The van der Waals surface area contributed by atoms with Crippen LogP contribution < -0.4 is 11.1 Å². The van der Waals surface area contributed by atoms with Gasteiger partial charge in [0.15, 0.2) is 0 Å². The lowest BCUT2D eigenvalue weighted by atomic mass is 10.2. The van der Waals surface area contributed by atoms with Crippen molar-refractivity contribution >= 4 is 11.7 Å². The predicted octanol–water partition coefficient (Wildman–Crippen LogP) is 1.11. The van der Waals surface area contributed by atoms with Crippen LogP contribution in [0.5, 0.6) is 0 Å². The van der Waals surface area contributed by atoms with E-state index >= 15 is 0 Å². The van der Waals surface area contributed by atoms with Crippen LogP contribution in [-0.2, 0) is 0 Å². The number of nitrogens with two attached hydrogens (primary N) is 1. The van der Waals surface area contributed by atoms with E-state index in [4.69, 9.17) is 5.73 Å². The minimum atomic E-state index is 0.618. The monoisotopic (exact) mass is 241 g/mol. The SMILES string of the molecule is Cc1ccc(-n2ncc(C3=NCCN3)c2N)cc1. The zero-order valence-electron chi connectivity index (χ0n) is 10.2. The standard InChI is InChI=1S/C13H15N5/c1-9-2-4-10(5-3-9)18-12(14)11(8-17-18)13-15-6-7-16-13/h2-5,8H,6-7,14H2,1H3,(H,15,16). The van der Waals surface area contributed by atoms with Crippen LogP contribution in [0.25, 0.3) is 5.69 Å². The molecular formula is C13H15N5. The number of hydrogen-bond donors (Lipinski definition) is 2. The van der Waals surface area contributed by atoms with Gasteiger partial charge in [-0.3, -0.25) is 4.99 Å². The molecule has 0 amide bonds. The molecule has 0 atom stereocenters. The van der Waals surface area contributed by atoms with E-state index < -0.39 is 0 Å². The summed E-state index contributed by atoms with van der Waals surface area (Å²) in [4.78, 5) is 4.36. The zero-order valence-corrected chi connectivity index (χ0v) is 10.2. The highest BCUT2D eigenvalue weighted by Crippen LogP contribution is 2.18. The molecule has 5 heteroatoms. The Kier molecular flexibility index (Phi) is 2.51. The molecule has 2 heterocycles. The highest BCUT2D eigenvalue weighted by Gasteiger charge is 2.16. The van der Waals surface area contributed by atoms with E-state index in [1.165, 1.54) is 5.56 Å². The molecule has 1 aromatic heterocycles. The molecule has 2 aromatic rings. The lowest BCUT2D eigenvalue weighted by Crippen LogP contribution is -2.20. The van der Waals surface area contributed by atoms with Gasteiger partial charge in [0.25, 0.3) is 0 Å². The minimum absolute atomic E-state index is 0.618. The summed E-state index contributed by atoms with van der Waals surface area (Å²) < 4.78 is 1.73. The van der Waals surface area contributed by atoms with Gasteiger partial charge in [0.2, 0.25) is 0 Å². The highest BCUT2D eigenvalue weighted by molar-refractivity contribution is 6.03. The molecule has 1 aliphatic heterocycles. The summed E-state index contributed by atoms with van der Waals surface area (Å²) in [6.07, 6.45) is 1.76. The summed E-state index contributed by atoms with van der Waals surface area (Å²) in [6.45, 7) is 3.72. The molecule has 18 heavy (non-hydrogen) atoms. The molecule has 0 radical (unpaired) electrons. The second-order valence-electron chi connectivity index (χ2n) is 4.35. The molecule has 5 nitrogen and oxygen atoms in total. The Balaban J connectivity index is 2.01. The van der Waals surface area contributed by atoms with Crippen LogP contribution >= 0.6 is 0 Å². The number of anilines is 1. The molecule has 0 aliphatic carbocycles. The van der Waals surface area contributed by atoms with E-state index in [0.717, 1.165) is 30.2 Å². The van der Waals surface area contributed by atoms with Crippen molar-refractivity contribution in [1.29, 1.82) is 0 Å². The number of benzene rings is 1. The van der Waals surface area contributed by atoms with Crippen LogP contribution in [0.1, 0.15) is 11.1 Å². The van der Waals surface area contributed by atoms with Gasteiger partial charge in [-0.1, -0.05) is 17.7 Å². The molecule has 1 aliphatic rings. The van der Waals surface area contributed by atoms with E-state index in [-0.39, 0.29) is 0 Å². The van der Waals surface area contributed by atoms with Crippen molar-refractivity contribution in [2.45, 2.75) is 6.92 Å². The lowest BCUT2D eigenvalue weighted by Gasteiger charge is -2.06. The topological polar surface area (TPSA) is 68.2 Å². The molecule has 1 aromatic carbocycles. The fourth-order valence-corrected chi connectivity index (χ4v) is 2.01. The molecule has 0 saturated carbocycles. The average Bonchev–Trinajstić information content (AvgIpc) is 2.99. The Morgan fingerprint density at radius 2 is 2.06 bits per heavy atom. The maximum absolute atomic E-state index is 6.13. The zero-order chi connectivity index (χ0) is 12.5. The second-order valence-corrected chi connectivity index (χ2v) is 4.35. The molecule has 0 spiro atoms. The first-order valence-electron chi connectivity index (χ1n) is 5.95. The summed E-state index contributed by atoms with van der Waals surface area (Å²) >= 11 is 0. The first-order valence-corrected chi connectivity index (χ1v) is 5.95. The Labute approximate surface area is 105 Å². The fraction of sp³-hybridized carbons (Fsp3) is 0.231. The van der Waals surface area contributed by atoms with Crippen molar-refractivity contribution < 1.29 is 0 Å². The smallest absolute Gasteiger partial charge is 0.138 e. The molecular weight excluding hydrogens is 226 g/mol. The third kappa shape index (κ3) is 1.73. The van der Waals surface area contributed by atoms with Crippen molar-refractivity contribution in [3.8, 4) is 5.69 Å². The van der Waals surface area contributed by atoms with Crippen molar-refractivity contribution in [2.24, 2.45) is 4.99 Å². The number of aromatic nitrogens is 2. The normalized spacial score (nSPS) is 14.4. The number of nitrogens with one attached hydrogen (secondary N) is 1. The fourth-order valence-electron chi connectivity index (χ4n) is 2.01. The summed E-state index contributed by atoms with van der Waals surface area (Å²) in [5.41, 5.74) is 9.18. The van der Waals surface area contributed by atoms with Gasteiger partial charge in [-0.2, -0.15) is 5.10 Å². The van der Waals surface area contributed by atoms with E-state index in [0.29, 0.717) is 5.82 Å². The number of nitrogen functional groups attached to an aromatic ring is 1. The van der Waals surface area contributed by atoms with E-state index in [2.05, 4.69) is 22.3 Å². The van der Waals surface area contributed by atoms with Crippen LogP contribution in [-0.4, -0.2) is 28.7 Å². The van der Waals surface area contributed by atoms with Crippen LogP contribution in [0.2, 0.25) is 0 Å². The quantitative estimate of drug-likeness (QED) is 0.827. The molecule has 0 unspecified atom stereocenters. The highest BCUT2D eigenvalue weighted by atomic mass is 15.3. The van der Waals surface area contributed by atoms with Gasteiger partial charge < -0.3 is 11.1 Å². The molecule has 0 bridgehead atoms. The van der Waals surface area contributed by atoms with Crippen molar-refractivity contribution in [1.82, 2.24) is 15.1 Å². The Morgan fingerprint density at radius 3 is 2.72 bits per heavy atom. The van der Waals surface area contributed by atoms with Crippen LogP contribution in [0, 0.1) is 6.92 Å². The second kappa shape index (κ2) is 4.18. The minimum Gasteiger partial charge on any atom is -0.383 e. The lowest BCUT2D eigenvalue weighted by molar-refractivity contribution is 0.890. The first-order chi connectivity index (χ1) is 8.75. The largest absolute Gasteiger partial charge is 0.383 e. The number of amidine groups is 1. The average molecular weight is 241 g/mol. The summed E-state index contributed by atoms with van der Waals surface area (Å²) in [5.74, 6) is 1.46. The van der Waals surface area contributed by atoms with Crippen LogP contribution in [0.15, 0.2) is 35.5 Å². The van der Waals surface area contributed by atoms with Gasteiger partial charge >= 0.3 is 0 Å². The Bertz CT molecular complexity index is 594. The molecule has 3 rings (SSSR count). The van der Waals surface area contributed by atoms with Crippen molar-refractivity contribution in [2.75, 3.05) is 18.8 Å². The number of aliphatic imine (C=N–C) groups is 1. The molecule has 3 N–H and O–H groups in total. The maximum atomic E-state index is 6.13. The summed E-state index contributed by atoms with van der Waals surface area (Å²) in [6, 6.07) is 8.10. The maximum Gasteiger partial charge on any atom is 0.138 e. The number of nitrogens with zero attached hydrogens (tertiary/aromatic N) is 3. The van der Waals surface area contributed by atoms with Gasteiger partial charge in [-0.05, 0) is 19.1 Å². The van der Waals surface area contributed by atoms with Gasteiger partial charge in [-0.15, -0.1) is 0 Å². The number of rotatable bonds is 2. The first kappa shape index (κ1) is 10.8. The van der Waals surface area contributed by atoms with Crippen LogP contribution in [0.3, 0.4) is 0 Å². The third-order valence-corrected chi connectivity index (χ3v) is 3.01. The summed E-state index contributed by atoms with van der Waals surface area (Å²) in [5, 5.41) is 7.54. The Hall–Kier alpha value is -2.30. The number of aryl methyl sites for hydroxylation is 1. The molecule has 0 saturated heterocycles. The summed E-state index contributed by atoms with van der Waals surface area (Å²) in [7, 11) is 0. The van der Waals surface area contributed by atoms with E-state index in [1.807, 2.05) is 24.3 Å². The van der Waals surface area contributed by atoms with Gasteiger partial charge in [0.1, 0.15) is 11.7 Å². The third-order valence-electron chi connectivity index (χ3n) is 3.01. The van der Waals surface area contributed by atoms with E-state index in [9.17, 15) is 0 Å². The number of hydrogen-bond acceptors (Lipinski definition) is 4. The van der Waals surface area contributed by atoms with E-state index in [1.54, 1.807) is 10.9 Å². The van der Waals surface area contributed by atoms with Crippen LogP contribution in [0.4, 0.5) is 5.82 Å². The van der Waals surface area contributed by atoms with Crippen molar-refractivity contribution in [3.63, 3.8) is 0 Å². The molecule has 92 valence electrons. The van der Waals surface area contributed by atoms with Gasteiger partial charge in [-0.25, -0.2) is 4.68 Å².